The van der Waals surface area contributed by atoms with Gasteiger partial charge in [0.2, 0.25) is 11.1 Å². The van der Waals surface area contributed by atoms with Gasteiger partial charge in [0.25, 0.3) is 0 Å². The molecule has 1 aromatic heterocycles. The van der Waals surface area contributed by atoms with Gasteiger partial charge in [0, 0.05) is 24.7 Å². The predicted octanol–water partition coefficient (Wildman–Crippen LogP) is -0.0688. The van der Waals surface area contributed by atoms with Gasteiger partial charge in [-0.15, -0.1) is 0 Å². The van der Waals surface area contributed by atoms with Crippen LogP contribution in [-0.2, 0) is 4.74 Å². The summed E-state index contributed by atoms with van der Waals surface area (Å²) in [4.78, 5) is 3.94. The highest BCUT2D eigenvalue weighted by Gasteiger charge is 1.98. The molecule has 6 nitrogen and oxygen atoms in total. The molecule has 1 aromatic rings. The van der Waals surface area contributed by atoms with Crippen molar-refractivity contribution in [1.29, 1.82) is 0 Å². The molecule has 1 heterocycles. The van der Waals surface area contributed by atoms with Crippen LogP contribution < -0.4 is 11.1 Å². The normalized spacial score (nSPS) is 10.4. The molecule has 0 aliphatic heterocycles. The number of nitrogens with two attached hydrogens (primary N) is 1. The molecule has 0 spiro atoms. The van der Waals surface area contributed by atoms with Crippen LogP contribution in [0.3, 0.4) is 0 Å². The molecule has 7 heteroatoms. The Morgan fingerprint density at radius 2 is 2.36 bits per heavy atom. The van der Waals surface area contributed by atoms with Crippen LogP contribution in [0.1, 0.15) is 6.42 Å². The number of hydrogen-bond acceptors (Lipinski definition) is 7. The molecule has 80 valence electrons. The van der Waals surface area contributed by atoms with Crippen molar-refractivity contribution in [2.75, 3.05) is 37.4 Å². The fourth-order valence-electron chi connectivity index (χ4n) is 0.843. The van der Waals surface area contributed by atoms with Gasteiger partial charge in [-0.2, -0.15) is 9.36 Å². The first-order valence-corrected chi connectivity index (χ1v) is 5.12. The highest BCUT2D eigenvalue weighted by atomic mass is 32.1. The largest absolute Gasteiger partial charge is 0.394 e. The van der Waals surface area contributed by atoms with Gasteiger partial charge in [-0.1, -0.05) is 0 Å². The van der Waals surface area contributed by atoms with Crippen molar-refractivity contribution in [1.82, 2.24) is 9.36 Å². The first kappa shape index (κ1) is 11.2. The molecule has 0 saturated heterocycles. The summed E-state index contributed by atoms with van der Waals surface area (Å²) < 4.78 is 8.91. The summed E-state index contributed by atoms with van der Waals surface area (Å²) in [6.07, 6.45) is 0.861. The second kappa shape index (κ2) is 6.52. The Morgan fingerprint density at radius 3 is 3.00 bits per heavy atom. The van der Waals surface area contributed by atoms with E-state index in [1.165, 1.54) is 11.5 Å². The summed E-state index contributed by atoms with van der Waals surface area (Å²) in [5.41, 5.74) is 5.34. The average molecular weight is 218 g/mol. The monoisotopic (exact) mass is 218 g/mol. The highest BCUT2D eigenvalue weighted by Crippen LogP contribution is 2.11. The molecule has 0 amide bonds. The van der Waals surface area contributed by atoms with Crippen LogP contribution in [0, 0.1) is 0 Å². The number of nitrogen functional groups attached to an aromatic ring is 1. The van der Waals surface area contributed by atoms with E-state index in [2.05, 4.69) is 14.7 Å². The zero-order valence-electron chi connectivity index (χ0n) is 7.77. The van der Waals surface area contributed by atoms with E-state index in [-0.39, 0.29) is 6.61 Å². The molecule has 0 atom stereocenters. The maximum atomic E-state index is 8.43. The van der Waals surface area contributed by atoms with Crippen LogP contribution >= 0.6 is 11.5 Å². The highest BCUT2D eigenvalue weighted by molar-refractivity contribution is 7.09. The van der Waals surface area contributed by atoms with Gasteiger partial charge in [-0.3, -0.25) is 0 Å². The number of aliphatic hydroxyl groups is 1. The number of anilines is 2. The minimum Gasteiger partial charge on any atom is -0.394 e. The predicted molar refractivity (Wildman–Crippen MR) is 55.3 cm³/mol. The minimum atomic E-state index is 0.0698. The lowest BCUT2D eigenvalue weighted by molar-refractivity contribution is 0.0922. The number of aromatic nitrogens is 2. The second-order valence-electron chi connectivity index (χ2n) is 2.57. The molecule has 0 unspecified atom stereocenters. The van der Waals surface area contributed by atoms with Crippen LogP contribution in [0.4, 0.5) is 11.1 Å². The summed E-state index contributed by atoms with van der Waals surface area (Å²) in [5.74, 6) is 0.300. The number of nitrogens with zero attached hydrogens (tertiary/aromatic N) is 2. The Kier molecular flexibility index (Phi) is 5.20. The van der Waals surface area contributed by atoms with Crippen molar-refractivity contribution in [3.05, 3.63) is 0 Å². The molecule has 0 bridgehead atoms. The van der Waals surface area contributed by atoms with E-state index >= 15 is 0 Å². The molecule has 0 aliphatic carbocycles. The van der Waals surface area contributed by atoms with Gasteiger partial charge in [-0.25, -0.2) is 0 Å². The molecule has 1 rings (SSSR count). The Bertz CT molecular complexity index is 256. The summed E-state index contributed by atoms with van der Waals surface area (Å²) in [6, 6.07) is 0. The molecule has 0 saturated carbocycles. The summed E-state index contributed by atoms with van der Waals surface area (Å²) in [7, 11) is 0. The number of ether oxygens (including phenoxy) is 1. The third kappa shape index (κ3) is 4.35. The zero-order valence-corrected chi connectivity index (χ0v) is 8.59. The smallest absolute Gasteiger partial charge is 0.233 e. The zero-order chi connectivity index (χ0) is 10.2. The van der Waals surface area contributed by atoms with E-state index in [4.69, 9.17) is 15.6 Å². The Labute approximate surface area is 86.3 Å². The maximum absolute atomic E-state index is 8.43. The van der Waals surface area contributed by atoms with Crippen molar-refractivity contribution < 1.29 is 9.84 Å². The quantitative estimate of drug-likeness (QED) is 0.555. The lowest BCUT2D eigenvalue weighted by Crippen LogP contribution is -2.07. The molecular formula is C7H14N4O2S. The van der Waals surface area contributed by atoms with E-state index in [1.54, 1.807) is 0 Å². The lowest BCUT2D eigenvalue weighted by atomic mass is 10.4. The first-order chi connectivity index (χ1) is 6.83. The van der Waals surface area contributed by atoms with Crippen LogP contribution in [0.15, 0.2) is 0 Å². The van der Waals surface area contributed by atoms with Crippen molar-refractivity contribution in [3.8, 4) is 0 Å². The Hall–Kier alpha value is -0.920. The number of nitrogens with one attached hydrogen (secondary N) is 1. The summed E-state index contributed by atoms with van der Waals surface area (Å²) >= 11 is 1.24. The Morgan fingerprint density at radius 1 is 1.50 bits per heavy atom. The van der Waals surface area contributed by atoms with Gasteiger partial charge in [0.1, 0.15) is 0 Å². The Balaban J connectivity index is 1.99. The maximum Gasteiger partial charge on any atom is 0.233 e. The SMILES string of the molecule is Nc1nsc(NCCCOCCO)n1. The first-order valence-electron chi connectivity index (χ1n) is 4.34. The van der Waals surface area contributed by atoms with Gasteiger partial charge in [0.05, 0.1) is 13.2 Å². The van der Waals surface area contributed by atoms with Crippen molar-refractivity contribution >= 4 is 22.6 Å². The summed E-state index contributed by atoms with van der Waals surface area (Å²) in [5, 5.41) is 12.2. The van der Waals surface area contributed by atoms with Gasteiger partial charge in [-0.05, 0) is 6.42 Å². The lowest BCUT2D eigenvalue weighted by Gasteiger charge is -2.02. The van der Waals surface area contributed by atoms with Crippen molar-refractivity contribution in [2.45, 2.75) is 6.42 Å². The average Bonchev–Trinajstić information content (AvgIpc) is 2.58. The molecule has 14 heavy (non-hydrogen) atoms. The van der Waals surface area contributed by atoms with E-state index < -0.39 is 0 Å². The minimum absolute atomic E-state index is 0.0698. The standard InChI is InChI=1S/C7H14N4O2S/c8-6-10-7(14-11-6)9-2-1-4-13-5-3-12/h12H,1-5H2,(H3,8,9,10,11). The number of aliphatic hydroxyl groups excluding tert-OH is 1. The van der Waals surface area contributed by atoms with Gasteiger partial charge >= 0.3 is 0 Å². The molecule has 0 aromatic carbocycles. The number of hydrogen-bond donors (Lipinski definition) is 3. The third-order valence-corrected chi connectivity index (χ3v) is 2.11. The fourth-order valence-corrected chi connectivity index (χ4v) is 1.36. The van der Waals surface area contributed by atoms with Crippen LogP contribution in [0.25, 0.3) is 0 Å². The van der Waals surface area contributed by atoms with Crippen LogP contribution in [-0.4, -0.2) is 40.8 Å². The van der Waals surface area contributed by atoms with Crippen molar-refractivity contribution in [3.63, 3.8) is 0 Å². The molecule has 0 radical (unpaired) electrons. The van der Waals surface area contributed by atoms with E-state index in [0.29, 0.717) is 19.2 Å². The van der Waals surface area contributed by atoms with Crippen LogP contribution in [0.2, 0.25) is 0 Å². The fraction of sp³-hybridized carbons (Fsp3) is 0.714. The third-order valence-electron chi connectivity index (χ3n) is 1.42. The van der Waals surface area contributed by atoms with E-state index in [0.717, 1.165) is 18.1 Å². The van der Waals surface area contributed by atoms with Gasteiger partial charge < -0.3 is 20.9 Å². The molecule has 4 N–H and O–H groups in total. The summed E-state index contributed by atoms with van der Waals surface area (Å²) in [6.45, 7) is 1.86. The topological polar surface area (TPSA) is 93.3 Å². The number of rotatable bonds is 7. The second-order valence-corrected chi connectivity index (χ2v) is 3.33. The van der Waals surface area contributed by atoms with Gasteiger partial charge in [0.15, 0.2) is 0 Å². The van der Waals surface area contributed by atoms with Crippen LogP contribution in [0.5, 0.6) is 0 Å². The molecule has 0 fully saturated rings. The van der Waals surface area contributed by atoms with E-state index in [1.807, 2.05) is 0 Å². The molecule has 0 aliphatic rings. The van der Waals surface area contributed by atoms with E-state index in [9.17, 15) is 0 Å². The van der Waals surface area contributed by atoms with Crippen molar-refractivity contribution in [2.24, 2.45) is 0 Å². The molecular weight excluding hydrogens is 204 g/mol.